The summed E-state index contributed by atoms with van der Waals surface area (Å²) < 4.78 is 5.50. The first-order chi connectivity index (χ1) is 8.63. The number of hydrogen-bond donors (Lipinski definition) is 1. The van der Waals surface area contributed by atoms with E-state index in [-0.39, 0.29) is 5.97 Å². The van der Waals surface area contributed by atoms with Crippen molar-refractivity contribution < 1.29 is 9.53 Å². The molecular formula is C12H22N2O2S2. The van der Waals surface area contributed by atoms with Crippen molar-refractivity contribution in [1.29, 1.82) is 0 Å². The standard InChI is InChI=1S/C12H22N2O2S2/c1-14(9-10-5-3-7-13-10)12(17)18-8-4-6-11(15)16-2/h10,13H,3-9H2,1-2H3. The molecule has 0 saturated carbocycles. The molecule has 1 atom stereocenters. The van der Waals surface area contributed by atoms with Gasteiger partial charge in [-0.3, -0.25) is 4.79 Å². The topological polar surface area (TPSA) is 41.6 Å². The number of thiocarbonyl (C=S) groups is 1. The third-order valence-electron chi connectivity index (χ3n) is 2.95. The third kappa shape index (κ3) is 6.02. The van der Waals surface area contributed by atoms with Gasteiger partial charge in [0.15, 0.2) is 0 Å². The van der Waals surface area contributed by atoms with Crippen molar-refractivity contribution in [3.8, 4) is 0 Å². The molecule has 1 saturated heterocycles. The summed E-state index contributed by atoms with van der Waals surface area (Å²) in [6.07, 6.45) is 3.78. The molecule has 0 spiro atoms. The number of carbonyl (C=O) groups is 1. The number of nitrogens with one attached hydrogen (secondary N) is 1. The van der Waals surface area contributed by atoms with Gasteiger partial charge in [-0.1, -0.05) is 24.0 Å². The maximum absolute atomic E-state index is 10.9. The summed E-state index contributed by atoms with van der Waals surface area (Å²) in [5, 5.41) is 3.46. The zero-order valence-corrected chi connectivity index (χ0v) is 12.7. The fourth-order valence-corrected chi connectivity index (χ4v) is 2.99. The van der Waals surface area contributed by atoms with Crippen molar-refractivity contribution >= 4 is 34.3 Å². The van der Waals surface area contributed by atoms with Crippen LogP contribution in [0.15, 0.2) is 0 Å². The van der Waals surface area contributed by atoms with Gasteiger partial charge in [0.05, 0.1) is 7.11 Å². The van der Waals surface area contributed by atoms with E-state index in [0.29, 0.717) is 12.5 Å². The molecule has 0 aromatic carbocycles. The van der Waals surface area contributed by atoms with Crippen LogP contribution in [0.3, 0.4) is 0 Å². The normalized spacial score (nSPS) is 18.7. The highest BCUT2D eigenvalue weighted by Crippen LogP contribution is 2.13. The van der Waals surface area contributed by atoms with Gasteiger partial charge < -0.3 is 15.0 Å². The number of hydrogen-bond acceptors (Lipinski definition) is 5. The first kappa shape index (κ1) is 15.7. The maximum atomic E-state index is 10.9. The van der Waals surface area contributed by atoms with Crippen LogP contribution in [-0.4, -0.2) is 54.2 Å². The number of ether oxygens (including phenoxy) is 1. The molecule has 1 aliphatic heterocycles. The minimum atomic E-state index is -0.148. The van der Waals surface area contributed by atoms with Crippen LogP contribution in [0.2, 0.25) is 0 Å². The Labute approximate surface area is 119 Å². The van der Waals surface area contributed by atoms with Crippen LogP contribution in [0.25, 0.3) is 0 Å². The van der Waals surface area contributed by atoms with Crippen LogP contribution in [0.1, 0.15) is 25.7 Å². The summed E-state index contributed by atoms with van der Waals surface area (Å²) in [6, 6.07) is 0.573. The van der Waals surface area contributed by atoms with Crippen molar-refractivity contribution in [2.75, 3.05) is 33.0 Å². The molecule has 6 heteroatoms. The summed E-state index contributed by atoms with van der Waals surface area (Å²) in [7, 11) is 3.46. The molecular weight excluding hydrogens is 268 g/mol. The number of methoxy groups -OCH3 is 1. The zero-order chi connectivity index (χ0) is 13.4. The third-order valence-corrected chi connectivity index (χ3v) is 4.66. The second-order valence-corrected chi connectivity index (χ2v) is 6.20. The molecule has 4 nitrogen and oxygen atoms in total. The van der Waals surface area contributed by atoms with Gasteiger partial charge in [0.25, 0.3) is 0 Å². The van der Waals surface area contributed by atoms with Crippen LogP contribution in [0, 0.1) is 0 Å². The first-order valence-electron chi connectivity index (χ1n) is 6.31. The summed E-state index contributed by atoms with van der Waals surface area (Å²) in [5.41, 5.74) is 0. The van der Waals surface area contributed by atoms with E-state index < -0.39 is 0 Å². The van der Waals surface area contributed by atoms with Gasteiger partial charge in [-0.15, -0.1) is 0 Å². The lowest BCUT2D eigenvalue weighted by atomic mass is 10.2. The van der Waals surface area contributed by atoms with Gasteiger partial charge in [-0.25, -0.2) is 0 Å². The summed E-state index contributed by atoms with van der Waals surface area (Å²) in [5.74, 6) is 0.723. The predicted molar refractivity (Wildman–Crippen MR) is 80.0 cm³/mol. The van der Waals surface area contributed by atoms with Gasteiger partial charge in [-0.05, 0) is 25.8 Å². The van der Waals surface area contributed by atoms with Crippen molar-refractivity contribution in [1.82, 2.24) is 10.2 Å². The zero-order valence-electron chi connectivity index (χ0n) is 11.1. The highest BCUT2D eigenvalue weighted by atomic mass is 32.2. The Balaban J connectivity index is 2.09. The second kappa shape index (κ2) is 8.72. The Morgan fingerprint density at radius 3 is 3.00 bits per heavy atom. The minimum absolute atomic E-state index is 0.148. The van der Waals surface area contributed by atoms with Crippen LogP contribution in [0.5, 0.6) is 0 Å². The molecule has 0 aliphatic carbocycles. The summed E-state index contributed by atoms with van der Waals surface area (Å²) in [4.78, 5) is 13.1. The van der Waals surface area contributed by atoms with E-state index in [4.69, 9.17) is 12.2 Å². The summed E-state index contributed by atoms with van der Waals surface area (Å²) >= 11 is 7.01. The van der Waals surface area contributed by atoms with Crippen LogP contribution in [0.4, 0.5) is 0 Å². The molecule has 1 heterocycles. The molecule has 0 radical (unpaired) electrons. The largest absolute Gasteiger partial charge is 0.469 e. The molecule has 0 aromatic heterocycles. The number of rotatable bonds is 6. The Bertz CT molecular complexity index is 281. The molecule has 1 fully saturated rings. The molecule has 0 bridgehead atoms. The van der Waals surface area contributed by atoms with Gasteiger partial charge in [-0.2, -0.15) is 0 Å². The van der Waals surface area contributed by atoms with E-state index in [0.717, 1.165) is 29.6 Å². The molecule has 1 N–H and O–H groups in total. The molecule has 1 rings (SSSR count). The number of carbonyl (C=O) groups excluding carboxylic acids is 1. The van der Waals surface area contributed by atoms with E-state index in [1.807, 2.05) is 7.05 Å². The predicted octanol–water partition coefficient (Wildman–Crippen LogP) is 1.64. The van der Waals surface area contributed by atoms with Gasteiger partial charge in [0.2, 0.25) is 0 Å². The van der Waals surface area contributed by atoms with Gasteiger partial charge in [0, 0.05) is 31.8 Å². The second-order valence-electron chi connectivity index (χ2n) is 4.47. The Morgan fingerprint density at radius 1 is 1.61 bits per heavy atom. The van der Waals surface area contributed by atoms with E-state index >= 15 is 0 Å². The highest BCUT2D eigenvalue weighted by Gasteiger charge is 2.17. The van der Waals surface area contributed by atoms with E-state index in [1.54, 1.807) is 11.8 Å². The molecule has 18 heavy (non-hydrogen) atoms. The molecule has 1 unspecified atom stereocenters. The maximum Gasteiger partial charge on any atom is 0.305 e. The Hall–Kier alpha value is -0.330. The van der Waals surface area contributed by atoms with Gasteiger partial charge in [0.1, 0.15) is 4.32 Å². The minimum Gasteiger partial charge on any atom is -0.469 e. The first-order valence-corrected chi connectivity index (χ1v) is 7.71. The lowest BCUT2D eigenvalue weighted by Crippen LogP contribution is -2.37. The van der Waals surface area contributed by atoms with E-state index in [9.17, 15) is 4.79 Å². The smallest absolute Gasteiger partial charge is 0.305 e. The molecule has 0 aromatic rings. The SMILES string of the molecule is COC(=O)CCCSC(=S)N(C)CC1CCCN1. The van der Waals surface area contributed by atoms with Crippen LogP contribution < -0.4 is 5.32 Å². The molecule has 104 valence electrons. The monoisotopic (exact) mass is 290 g/mol. The fourth-order valence-electron chi connectivity index (χ4n) is 1.91. The average Bonchev–Trinajstić information content (AvgIpc) is 2.86. The highest BCUT2D eigenvalue weighted by molar-refractivity contribution is 8.22. The number of likely N-dealkylation sites (N-methyl/N-ethyl adjacent to an activating group) is 1. The van der Waals surface area contributed by atoms with Crippen LogP contribution >= 0.6 is 24.0 Å². The quantitative estimate of drug-likeness (QED) is 0.456. The molecule has 1 aliphatic rings. The lowest BCUT2D eigenvalue weighted by Gasteiger charge is -2.23. The van der Waals surface area contributed by atoms with E-state index in [2.05, 4.69) is 15.0 Å². The fraction of sp³-hybridized carbons (Fsp3) is 0.833. The van der Waals surface area contributed by atoms with Crippen molar-refractivity contribution in [3.63, 3.8) is 0 Å². The number of nitrogens with zero attached hydrogens (tertiary/aromatic N) is 1. The average molecular weight is 290 g/mol. The number of esters is 1. The Kier molecular flexibility index (Phi) is 7.62. The number of thioether (sulfide) groups is 1. The molecule has 0 amide bonds. The van der Waals surface area contributed by atoms with Crippen molar-refractivity contribution in [3.05, 3.63) is 0 Å². The van der Waals surface area contributed by atoms with Crippen molar-refractivity contribution in [2.45, 2.75) is 31.7 Å². The van der Waals surface area contributed by atoms with Crippen LogP contribution in [-0.2, 0) is 9.53 Å². The van der Waals surface area contributed by atoms with E-state index in [1.165, 1.54) is 20.0 Å². The lowest BCUT2D eigenvalue weighted by molar-refractivity contribution is -0.140. The summed E-state index contributed by atoms with van der Waals surface area (Å²) in [6.45, 7) is 2.10. The van der Waals surface area contributed by atoms with Gasteiger partial charge >= 0.3 is 5.97 Å². The Morgan fingerprint density at radius 2 is 2.39 bits per heavy atom. The van der Waals surface area contributed by atoms with Crippen molar-refractivity contribution in [2.24, 2.45) is 0 Å².